The molecule has 8 rings (SSSR count). The maximum atomic E-state index is 12.0. The highest BCUT2D eigenvalue weighted by atomic mass is 16.3. The number of nitrogens with zero attached hydrogens (tertiary/aromatic N) is 4. The lowest BCUT2D eigenvalue weighted by Crippen LogP contribution is -1.93. The highest BCUT2D eigenvalue weighted by Crippen LogP contribution is 2.43. The first-order valence-electron chi connectivity index (χ1n) is 16.1. The highest BCUT2D eigenvalue weighted by Gasteiger charge is 2.17. The van der Waals surface area contributed by atoms with Crippen molar-refractivity contribution in [1.82, 2.24) is 19.9 Å². The third-order valence-corrected chi connectivity index (χ3v) is 8.65. The second-order valence-electron chi connectivity index (χ2n) is 11.8. The number of phenolic OH excluding ortho intramolecular Hbond substituents is 1. The summed E-state index contributed by atoms with van der Waals surface area (Å²) >= 11 is 0. The summed E-state index contributed by atoms with van der Waals surface area (Å²) in [6, 6.07) is 46.9. The Kier molecular flexibility index (Phi) is 7.98. The molecule has 0 bridgehead atoms. The zero-order valence-electron chi connectivity index (χ0n) is 26.5. The minimum absolute atomic E-state index is 0.171. The molecule has 4 heterocycles. The van der Waals surface area contributed by atoms with Crippen molar-refractivity contribution in [1.29, 1.82) is 0 Å². The van der Waals surface area contributed by atoms with Gasteiger partial charge in [0.05, 0.1) is 11.4 Å². The Hall–Kier alpha value is -6.72. The molecule has 0 aliphatic heterocycles. The summed E-state index contributed by atoms with van der Waals surface area (Å²) in [7, 11) is 0. The van der Waals surface area contributed by atoms with Gasteiger partial charge < -0.3 is 5.11 Å². The monoisotopic (exact) mass is 630 g/mol. The van der Waals surface area contributed by atoms with E-state index in [0.717, 1.165) is 66.9 Å². The summed E-state index contributed by atoms with van der Waals surface area (Å²) in [6.45, 7) is 0. The minimum Gasteiger partial charge on any atom is -0.507 e. The molecule has 0 spiro atoms. The number of pyridine rings is 4. The van der Waals surface area contributed by atoms with Gasteiger partial charge in [0.1, 0.15) is 5.75 Å². The predicted octanol–water partition coefficient (Wildman–Crippen LogP) is 10.6. The van der Waals surface area contributed by atoms with Gasteiger partial charge in [0, 0.05) is 70.6 Å². The van der Waals surface area contributed by atoms with E-state index in [-0.39, 0.29) is 5.75 Å². The van der Waals surface area contributed by atoms with Crippen LogP contribution in [-0.4, -0.2) is 25.0 Å². The van der Waals surface area contributed by atoms with Crippen molar-refractivity contribution < 1.29 is 5.11 Å². The van der Waals surface area contributed by atoms with Gasteiger partial charge in [-0.3, -0.25) is 15.0 Å². The van der Waals surface area contributed by atoms with E-state index in [9.17, 15) is 5.11 Å². The highest BCUT2D eigenvalue weighted by molar-refractivity contribution is 5.89. The Labute approximate surface area is 285 Å². The second kappa shape index (κ2) is 13.2. The van der Waals surface area contributed by atoms with Crippen LogP contribution in [0.3, 0.4) is 0 Å². The average Bonchev–Trinajstić information content (AvgIpc) is 3.19. The predicted molar refractivity (Wildman–Crippen MR) is 197 cm³/mol. The summed E-state index contributed by atoms with van der Waals surface area (Å²) in [5, 5.41) is 12.0. The van der Waals surface area contributed by atoms with Crippen LogP contribution >= 0.6 is 0 Å². The van der Waals surface area contributed by atoms with Gasteiger partial charge in [-0.05, 0) is 94.0 Å². The van der Waals surface area contributed by atoms with Crippen molar-refractivity contribution in [2.75, 3.05) is 0 Å². The van der Waals surface area contributed by atoms with Crippen LogP contribution < -0.4 is 0 Å². The molecule has 0 saturated carbocycles. The van der Waals surface area contributed by atoms with Crippen molar-refractivity contribution in [2.24, 2.45) is 0 Å². The van der Waals surface area contributed by atoms with Crippen molar-refractivity contribution >= 4 is 0 Å². The molecule has 4 aromatic carbocycles. The van der Waals surface area contributed by atoms with Crippen molar-refractivity contribution in [3.63, 3.8) is 0 Å². The Morgan fingerprint density at radius 3 is 1.29 bits per heavy atom. The van der Waals surface area contributed by atoms with E-state index < -0.39 is 0 Å². The molecule has 5 heteroatoms. The summed E-state index contributed by atoms with van der Waals surface area (Å²) in [5.41, 5.74) is 12.9. The number of rotatable bonds is 7. The molecule has 49 heavy (non-hydrogen) atoms. The van der Waals surface area contributed by atoms with Crippen LogP contribution in [-0.2, 0) is 0 Å². The molecule has 1 N–H and O–H groups in total. The quantitative estimate of drug-likeness (QED) is 0.190. The Morgan fingerprint density at radius 2 is 0.735 bits per heavy atom. The third kappa shape index (κ3) is 6.21. The molecule has 5 nitrogen and oxygen atoms in total. The normalized spacial score (nSPS) is 10.9. The number of hydrogen-bond acceptors (Lipinski definition) is 5. The number of phenols is 1. The Balaban J connectivity index is 1.28. The molecule has 4 aromatic heterocycles. The van der Waals surface area contributed by atoms with E-state index in [0.29, 0.717) is 11.3 Å². The lowest BCUT2D eigenvalue weighted by Gasteiger charge is -2.16. The van der Waals surface area contributed by atoms with E-state index in [2.05, 4.69) is 81.7 Å². The van der Waals surface area contributed by atoms with Gasteiger partial charge in [-0.25, -0.2) is 4.98 Å². The summed E-state index contributed by atoms with van der Waals surface area (Å²) in [4.78, 5) is 18.0. The smallest absolute Gasteiger partial charge is 0.132 e. The van der Waals surface area contributed by atoms with Crippen molar-refractivity contribution in [3.8, 4) is 83.9 Å². The van der Waals surface area contributed by atoms with Crippen LogP contribution in [0.4, 0.5) is 0 Å². The maximum Gasteiger partial charge on any atom is 0.132 e. The number of hydrogen-bond donors (Lipinski definition) is 1. The molecule has 0 aliphatic rings. The standard InChI is InChI=1S/C44H30N4O/c49-44-40(34-12-2-9-31(23-34)37-15-6-20-46-28-37)25-39(33-11-1-8-30(22-33)36-14-5-19-45-27-36)26-41(44)43-18-4-17-42(48-43)35-13-3-10-32(24-35)38-16-7-21-47-29-38/h1-29,49H. The van der Waals surface area contributed by atoms with Gasteiger partial charge in [0.25, 0.3) is 0 Å². The summed E-state index contributed by atoms with van der Waals surface area (Å²) in [6.07, 6.45) is 10.9. The summed E-state index contributed by atoms with van der Waals surface area (Å²) in [5.74, 6) is 0.171. The lowest BCUT2D eigenvalue weighted by molar-refractivity contribution is 0.479. The number of aromatic nitrogens is 4. The second-order valence-corrected chi connectivity index (χ2v) is 11.8. The molecule has 8 aromatic rings. The van der Waals surface area contributed by atoms with Crippen LogP contribution in [0.15, 0.2) is 177 Å². The SMILES string of the molecule is Oc1c(-c2cccc(-c3cccnc3)c2)cc(-c2cccc(-c3cccnc3)c2)cc1-c1cccc(-c2cccc(-c3cccnc3)c2)n1. The zero-order valence-corrected chi connectivity index (χ0v) is 26.5. The van der Waals surface area contributed by atoms with Gasteiger partial charge in [-0.2, -0.15) is 0 Å². The lowest BCUT2D eigenvalue weighted by atomic mass is 9.91. The van der Waals surface area contributed by atoms with Gasteiger partial charge >= 0.3 is 0 Å². The van der Waals surface area contributed by atoms with Crippen molar-refractivity contribution in [3.05, 3.63) is 177 Å². The first-order valence-corrected chi connectivity index (χ1v) is 16.1. The van der Waals surface area contributed by atoms with Crippen LogP contribution in [0.2, 0.25) is 0 Å². The first-order chi connectivity index (χ1) is 24.2. The molecule has 0 amide bonds. The summed E-state index contributed by atoms with van der Waals surface area (Å²) < 4.78 is 0. The van der Waals surface area contributed by atoms with Crippen LogP contribution in [0.5, 0.6) is 5.75 Å². The number of benzene rings is 4. The maximum absolute atomic E-state index is 12.0. The molecule has 0 aliphatic carbocycles. The Bertz CT molecular complexity index is 2390. The van der Waals surface area contributed by atoms with E-state index in [1.807, 2.05) is 91.4 Å². The number of aromatic hydroxyl groups is 1. The largest absolute Gasteiger partial charge is 0.507 e. The van der Waals surface area contributed by atoms with Gasteiger partial charge in [0.2, 0.25) is 0 Å². The molecule has 0 fully saturated rings. The van der Waals surface area contributed by atoms with Gasteiger partial charge in [-0.1, -0.05) is 78.9 Å². The van der Waals surface area contributed by atoms with Crippen LogP contribution in [0.25, 0.3) is 78.1 Å². The minimum atomic E-state index is 0.171. The third-order valence-electron chi connectivity index (χ3n) is 8.65. The van der Waals surface area contributed by atoms with Crippen LogP contribution in [0.1, 0.15) is 0 Å². The molecular formula is C44H30N4O. The van der Waals surface area contributed by atoms with E-state index >= 15 is 0 Å². The van der Waals surface area contributed by atoms with E-state index in [1.165, 1.54) is 0 Å². The fraction of sp³-hybridized carbons (Fsp3) is 0. The van der Waals surface area contributed by atoms with Gasteiger partial charge in [-0.15, -0.1) is 0 Å². The average molecular weight is 631 g/mol. The fourth-order valence-corrected chi connectivity index (χ4v) is 6.17. The molecule has 0 atom stereocenters. The Morgan fingerprint density at radius 1 is 0.327 bits per heavy atom. The van der Waals surface area contributed by atoms with E-state index in [4.69, 9.17) is 4.98 Å². The molecule has 232 valence electrons. The zero-order chi connectivity index (χ0) is 33.0. The van der Waals surface area contributed by atoms with E-state index in [1.54, 1.807) is 18.6 Å². The molecular weight excluding hydrogens is 601 g/mol. The molecule has 0 radical (unpaired) electrons. The molecule has 0 unspecified atom stereocenters. The van der Waals surface area contributed by atoms with Gasteiger partial charge in [0.15, 0.2) is 0 Å². The van der Waals surface area contributed by atoms with Crippen LogP contribution in [0, 0.1) is 0 Å². The van der Waals surface area contributed by atoms with Crippen molar-refractivity contribution in [2.45, 2.75) is 0 Å². The first kappa shape index (κ1) is 29.7. The topological polar surface area (TPSA) is 71.8 Å². The fourth-order valence-electron chi connectivity index (χ4n) is 6.17. The molecule has 0 saturated heterocycles.